The predicted octanol–water partition coefficient (Wildman–Crippen LogP) is 3.62. The third-order valence-electron chi connectivity index (χ3n) is 2.25. The first-order valence-corrected chi connectivity index (χ1v) is 5.25. The van der Waals surface area contributed by atoms with Crippen molar-refractivity contribution in [2.75, 3.05) is 0 Å². The number of unbranched alkanes of at least 4 members (excludes halogenated alkanes) is 1. The summed E-state index contributed by atoms with van der Waals surface area (Å²) in [5.41, 5.74) is 0.901. The molecular formula is C12H22O2. The third kappa shape index (κ3) is 6.70. The van der Waals surface area contributed by atoms with E-state index in [1.807, 2.05) is 0 Å². The van der Waals surface area contributed by atoms with Gasteiger partial charge in [-0.2, -0.15) is 0 Å². The summed E-state index contributed by atoms with van der Waals surface area (Å²) in [6.45, 7) is 8.41. The Bertz CT molecular complexity index is 209. The molecule has 0 aromatic rings. The first kappa shape index (κ1) is 13.2. The van der Waals surface area contributed by atoms with Gasteiger partial charge in [0, 0.05) is 5.57 Å². The van der Waals surface area contributed by atoms with Gasteiger partial charge in [-0.25, -0.2) is 4.79 Å². The van der Waals surface area contributed by atoms with Crippen LogP contribution in [0.25, 0.3) is 0 Å². The van der Waals surface area contributed by atoms with E-state index in [2.05, 4.69) is 20.8 Å². The number of rotatable bonds is 5. The van der Waals surface area contributed by atoms with Crippen molar-refractivity contribution in [1.82, 2.24) is 0 Å². The standard InChI is InChI=1S/C12H22O2/c1-5-10(11(13)14)8-6-7-9-12(2,3)4/h5H,6-9H2,1-4H3,(H,13,14). The molecule has 0 saturated carbocycles. The second-order valence-electron chi connectivity index (χ2n) is 4.89. The molecule has 0 rings (SSSR count). The van der Waals surface area contributed by atoms with Crippen LogP contribution < -0.4 is 0 Å². The van der Waals surface area contributed by atoms with E-state index in [-0.39, 0.29) is 0 Å². The Morgan fingerprint density at radius 1 is 1.29 bits per heavy atom. The van der Waals surface area contributed by atoms with Crippen molar-refractivity contribution in [3.8, 4) is 0 Å². The highest BCUT2D eigenvalue weighted by Crippen LogP contribution is 2.22. The summed E-state index contributed by atoms with van der Waals surface area (Å²) in [5, 5.41) is 8.76. The Morgan fingerprint density at radius 2 is 1.86 bits per heavy atom. The van der Waals surface area contributed by atoms with Crippen molar-refractivity contribution in [3.63, 3.8) is 0 Å². The number of carbonyl (C=O) groups is 1. The van der Waals surface area contributed by atoms with Crippen molar-refractivity contribution in [3.05, 3.63) is 11.6 Å². The van der Waals surface area contributed by atoms with Crippen molar-refractivity contribution in [2.45, 2.75) is 53.4 Å². The maximum absolute atomic E-state index is 10.7. The van der Waals surface area contributed by atoms with Gasteiger partial charge in [0.05, 0.1) is 0 Å². The molecule has 0 radical (unpaired) electrons. The van der Waals surface area contributed by atoms with Gasteiger partial charge in [0.2, 0.25) is 0 Å². The maximum atomic E-state index is 10.7. The molecule has 0 aromatic heterocycles. The quantitative estimate of drug-likeness (QED) is 0.541. The largest absolute Gasteiger partial charge is 0.478 e. The van der Waals surface area contributed by atoms with E-state index < -0.39 is 5.97 Å². The van der Waals surface area contributed by atoms with Crippen LogP contribution in [0.2, 0.25) is 0 Å². The van der Waals surface area contributed by atoms with Crippen LogP contribution in [-0.2, 0) is 4.79 Å². The zero-order chi connectivity index (χ0) is 11.2. The molecule has 2 nitrogen and oxygen atoms in total. The lowest BCUT2D eigenvalue weighted by molar-refractivity contribution is -0.132. The molecule has 0 atom stereocenters. The molecule has 0 saturated heterocycles. The summed E-state index contributed by atoms with van der Waals surface area (Å²) < 4.78 is 0. The highest BCUT2D eigenvalue weighted by atomic mass is 16.4. The summed E-state index contributed by atoms with van der Waals surface area (Å²) in [6, 6.07) is 0. The molecule has 1 N–H and O–H groups in total. The summed E-state index contributed by atoms with van der Waals surface area (Å²) >= 11 is 0. The van der Waals surface area contributed by atoms with E-state index >= 15 is 0 Å². The molecule has 0 unspecified atom stereocenters. The molecule has 0 aliphatic rings. The Hall–Kier alpha value is -0.790. The zero-order valence-corrected chi connectivity index (χ0v) is 9.76. The molecule has 0 fully saturated rings. The SMILES string of the molecule is CC=C(CCCCC(C)(C)C)C(=O)O. The minimum absolute atomic E-state index is 0.360. The van der Waals surface area contributed by atoms with E-state index in [4.69, 9.17) is 5.11 Å². The third-order valence-corrected chi connectivity index (χ3v) is 2.25. The topological polar surface area (TPSA) is 37.3 Å². The summed E-state index contributed by atoms with van der Waals surface area (Å²) in [4.78, 5) is 10.7. The Balaban J connectivity index is 3.69. The van der Waals surface area contributed by atoms with Crippen molar-refractivity contribution in [1.29, 1.82) is 0 Å². The number of carboxylic acids is 1. The minimum Gasteiger partial charge on any atom is -0.478 e. The van der Waals surface area contributed by atoms with Crippen LogP contribution in [0.5, 0.6) is 0 Å². The predicted molar refractivity (Wildman–Crippen MR) is 59.3 cm³/mol. The summed E-state index contributed by atoms with van der Waals surface area (Å²) in [7, 11) is 0. The van der Waals surface area contributed by atoms with Gasteiger partial charge in [0.25, 0.3) is 0 Å². The lowest BCUT2D eigenvalue weighted by atomic mass is 9.89. The zero-order valence-electron chi connectivity index (χ0n) is 9.76. The van der Waals surface area contributed by atoms with Gasteiger partial charge < -0.3 is 5.11 Å². The normalized spacial score (nSPS) is 13.0. The van der Waals surface area contributed by atoms with Gasteiger partial charge in [0.15, 0.2) is 0 Å². The van der Waals surface area contributed by atoms with E-state index in [1.54, 1.807) is 13.0 Å². The second-order valence-corrected chi connectivity index (χ2v) is 4.89. The summed E-state index contributed by atoms with van der Waals surface area (Å²) in [5.74, 6) is -0.775. The Morgan fingerprint density at radius 3 is 2.21 bits per heavy atom. The molecule has 0 aliphatic heterocycles. The Kier molecular flexibility index (Phi) is 5.51. The van der Waals surface area contributed by atoms with Crippen LogP contribution in [0.3, 0.4) is 0 Å². The first-order valence-electron chi connectivity index (χ1n) is 5.25. The minimum atomic E-state index is -0.775. The van der Waals surface area contributed by atoms with Crippen LogP contribution in [0.1, 0.15) is 53.4 Å². The van der Waals surface area contributed by atoms with Crippen molar-refractivity contribution < 1.29 is 9.90 Å². The average molecular weight is 198 g/mol. The van der Waals surface area contributed by atoms with Gasteiger partial charge in [0.1, 0.15) is 0 Å². The highest BCUT2D eigenvalue weighted by Gasteiger charge is 2.10. The molecular weight excluding hydrogens is 176 g/mol. The maximum Gasteiger partial charge on any atom is 0.331 e. The fraction of sp³-hybridized carbons (Fsp3) is 0.750. The van der Waals surface area contributed by atoms with Gasteiger partial charge in [-0.1, -0.05) is 33.3 Å². The van der Waals surface area contributed by atoms with Crippen molar-refractivity contribution >= 4 is 5.97 Å². The molecule has 0 bridgehead atoms. The molecule has 0 spiro atoms. The average Bonchev–Trinajstić information content (AvgIpc) is 2.01. The van der Waals surface area contributed by atoms with Crippen molar-refractivity contribution in [2.24, 2.45) is 5.41 Å². The van der Waals surface area contributed by atoms with Gasteiger partial charge in [-0.3, -0.25) is 0 Å². The van der Waals surface area contributed by atoms with Crippen LogP contribution in [-0.4, -0.2) is 11.1 Å². The first-order chi connectivity index (χ1) is 6.37. The molecule has 2 heteroatoms. The van der Waals surface area contributed by atoms with E-state index in [0.717, 1.165) is 19.3 Å². The number of aliphatic carboxylic acids is 1. The van der Waals surface area contributed by atoms with E-state index in [0.29, 0.717) is 17.4 Å². The van der Waals surface area contributed by atoms with Crippen LogP contribution >= 0.6 is 0 Å². The lowest BCUT2D eigenvalue weighted by Crippen LogP contribution is -2.05. The van der Waals surface area contributed by atoms with Crippen LogP contribution in [0, 0.1) is 5.41 Å². The highest BCUT2D eigenvalue weighted by molar-refractivity contribution is 5.86. The van der Waals surface area contributed by atoms with Gasteiger partial charge in [-0.05, 0) is 31.6 Å². The molecule has 14 heavy (non-hydrogen) atoms. The molecule has 0 aliphatic carbocycles. The molecule has 82 valence electrons. The number of hydrogen-bond donors (Lipinski definition) is 1. The van der Waals surface area contributed by atoms with Gasteiger partial charge >= 0.3 is 5.97 Å². The second kappa shape index (κ2) is 5.84. The summed E-state index contributed by atoms with van der Waals surface area (Å²) in [6.07, 6.45) is 5.63. The molecule has 0 amide bonds. The number of allylic oxidation sites excluding steroid dienone is 1. The Labute approximate surface area is 87.0 Å². The number of hydrogen-bond acceptors (Lipinski definition) is 1. The van der Waals surface area contributed by atoms with Crippen LogP contribution in [0.15, 0.2) is 11.6 Å². The monoisotopic (exact) mass is 198 g/mol. The van der Waals surface area contributed by atoms with E-state index in [1.165, 1.54) is 0 Å². The molecule has 0 aromatic carbocycles. The smallest absolute Gasteiger partial charge is 0.331 e. The van der Waals surface area contributed by atoms with Crippen LogP contribution in [0.4, 0.5) is 0 Å². The van der Waals surface area contributed by atoms with Gasteiger partial charge in [-0.15, -0.1) is 0 Å². The fourth-order valence-corrected chi connectivity index (χ4v) is 1.35. The van der Waals surface area contributed by atoms with E-state index in [9.17, 15) is 4.79 Å². The molecule has 0 heterocycles. The fourth-order valence-electron chi connectivity index (χ4n) is 1.35. The lowest BCUT2D eigenvalue weighted by Gasteiger charge is -2.17. The number of carboxylic acid groups (broad SMARTS) is 1.